The molecule has 1 atom stereocenters. The van der Waals surface area contributed by atoms with Crippen molar-refractivity contribution < 1.29 is 23.5 Å². The number of Topliss-reactive ketones (excluding diaryl/α,β-unsaturated/α-hetero) is 1. The summed E-state index contributed by atoms with van der Waals surface area (Å²) in [6.45, 7) is 4.20. The summed E-state index contributed by atoms with van der Waals surface area (Å²) in [6, 6.07) is 11.3. The van der Waals surface area contributed by atoms with Crippen LogP contribution in [0.5, 0.6) is 0 Å². The third-order valence-electron chi connectivity index (χ3n) is 4.16. The van der Waals surface area contributed by atoms with Crippen molar-refractivity contribution in [3.8, 4) is 0 Å². The SMILES string of the molecule is C/C=C/c1ccc(C(=O)OC(C(=O)NCCCC)C(=O)c2ccc(F)cc2)cc1. The molecule has 2 aromatic carbocycles. The van der Waals surface area contributed by atoms with Gasteiger partial charge >= 0.3 is 5.97 Å². The fourth-order valence-corrected chi connectivity index (χ4v) is 2.57. The number of benzene rings is 2. The van der Waals surface area contributed by atoms with Crippen LogP contribution in [-0.2, 0) is 9.53 Å². The number of halogens is 1. The maximum Gasteiger partial charge on any atom is 0.339 e. The number of ketones is 1. The van der Waals surface area contributed by atoms with E-state index in [1.165, 1.54) is 12.1 Å². The van der Waals surface area contributed by atoms with Crippen molar-refractivity contribution >= 4 is 23.7 Å². The van der Waals surface area contributed by atoms with Gasteiger partial charge in [-0.1, -0.05) is 37.6 Å². The fraction of sp³-hybridized carbons (Fsp3) is 0.261. The van der Waals surface area contributed by atoms with E-state index in [9.17, 15) is 18.8 Å². The zero-order chi connectivity index (χ0) is 21.2. The third-order valence-corrected chi connectivity index (χ3v) is 4.16. The van der Waals surface area contributed by atoms with Gasteiger partial charge in [-0.05, 0) is 55.3 Å². The number of rotatable bonds is 9. The predicted octanol–water partition coefficient (Wildman–Crippen LogP) is 4.18. The highest BCUT2D eigenvalue weighted by Crippen LogP contribution is 2.13. The van der Waals surface area contributed by atoms with Crippen molar-refractivity contribution in [1.82, 2.24) is 5.32 Å². The molecule has 0 fully saturated rings. The summed E-state index contributed by atoms with van der Waals surface area (Å²) in [7, 11) is 0. The molecular formula is C23H24FNO4. The summed E-state index contributed by atoms with van der Waals surface area (Å²) in [5, 5.41) is 2.61. The van der Waals surface area contributed by atoms with Crippen molar-refractivity contribution in [2.45, 2.75) is 32.8 Å². The number of carbonyl (C=O) groups is 3. The molecule has 0 aromatic heterocycles. The standard InChI is InChI=1S/C23H24FNO4/c1-3-5-15-25-22(27)21(20(26)17-11-13-19(24)14-12-17)29-23(28)18-9-7-16(6-4-2)8-10-18/h4,6-14,21H,3,5,15H2,1-2H3,(H,25,27)/b6-4+. The smallest absolute Gasteiger partial charge is 0.339 e. The van der Waals surface area contributed by atoms with Gasteiger partial charge in [0, 0.05) is 12.1 Å². The minimum absolute atomic E-state index is 0.0817. The second-order valence-corrected chi connectivity index (χ2v) is 6.42. The van der Waals surface area contributed by atoms with Crippen molar-refractivity contribution in [3.05, 3.63) is 77.1 Å². The normalized spacial score (nSPS) is 11.8. The molecule has 0 aliphatic carbocycles. The maximum atomic E-state index is 13.2. The van der Waals surface area contributed by atoms with Gasteiger partial charge in [0.05, 0.1) is 5.56 Å². The molecular weight excluding hydrogens is 373 g/mol. The molecule has 0 bridgehead atoms. The highest BCUT2D eigenvalue weighted by atomic mass is 19.1. The van der Waals surface area contributed by atoms with E-state index in [2.05, 4.69) is 5.32 Å². The van der Waals surface area contributed by atoms with E-state index in [1.54, 1.807) is 24.3 Å². The summed E-state index contributed by atoms with van der Waals surface area (Å²) in [6.07, 6.45) is 3.67. The summed E-state index contributed by atoms with van der Waals surface area (Å²) in [5.41, 5.74) is 1.20. The molecule has 0 saturated carbocycles. The number of hydrogen-bond donors (Lipinski definition) is 1. The maximum absolute atomic E-state index is 13.2. The van der Waals surface area contributed by atoms with Crippen LogP contribution in [0.1, 0.15) is 53.0 Å². The van der Waals surface area contributed by atoms with Crippen LogP contribution in [0.15, 0.2) is 54.6 Å². The van der Waals surface area contributed by atoms with Gasteiger partial charge < -0.3 is 10.1 Å². The van der Waals surface area contributed by atoms with Crippen molar-refractivity contribution in [3.63, 3.8) is 0 Å². The topological polar surface area (TPSA) is 72.5 Å². The van der Waals surface area contributed by atoms with Crippen LogP contribution in [0, 0.1) is 5.82 Å². The molecule has 0 aliphatic heterocycles. The highest BCUT2D eigenvalue weighted by molar-refractivity contribution is 6.14. The number of carbonyl (C=O) groups excluding carboxylic acids is 3. The molecule has 0 spiro atoms. The van der Waals surface area contributed by atoms with Gasteiger partial charge in [-0.15, -0.1) is 0 Å². The molecule has 0 radical (unpaired) electrons. The second-order valence-electron chi connectivity index (χ2n) is 6.42. The average molecular weight is 397 g/mol. The Morgan fingerprint density at radius 3 is 2.24 bits per heavy atom. The summed E-state index contributed by atoms with van der Waals surface area (Å²) < 4.78 is 18.4. The molecule has 5 nitrogen and oxygen atoms in total. The van der Waals surface area contributed by atoms with Gasteiger partial charge in [0.25, 0.3) is 5.91 Å². The Bertz CT molecular complexity index is 873. The number of esters is 1. The first-order chi connectivity index (χ1) is 14.0. The van der Waals surface area contributed by atoms with Crippen LogP contribution in [0.2, 0.25) is 0 Å². The second kappa shape index (κ2) is 10.9. The van der Waals surface area contributed by atoms with E-state index in [4.69, 9.17) is 4.74 Å². The Morgan fingerprint density at radius 1 is 1.03 bits per heavy atom. The number of amides is 1. The lowest BCUT2D eigenvalue weighted by Crippen LogP contribution is -2.43. The molecule has 2 rings (SSSR count). The van der Waals surface area contributed by atoms with Crippen LogP contribution >= 0.6 is 0 Å². The molecule has 152 valence electrons. The number of allylic oxidation sites excluding steroid dienone is 1. The molecule has 29 heavy (non-hydrogen) atoms. The van der Waals surface area contributed by atoms with Gasteiger partial charge in [-0.2, -0.15) is 0 Å². The quantitative estimate of drug-likeness (QED) is 0.298. The molecule has 1 amide bonds. The Morgan fingerprint density at radius 2 is 1.66 bits per heavy atom. The first-order valence-corrected chi connectivity index (χ1v) is 9.47. The molecule has 1 unspecified atom stereocenters. The molecule has 0 saturated heterocycles. The summed E-state index contributed by atoms with van der Waals surface area (Å²) >= 11 is 0. The molecule has 2 aromatic rings. The molecule has 1 N–H and O–H groups in total. The molecule has 0 heterocycles. The zero-order valence-corrected chi connectivity index (χ0v) is 16.5. The molecule has 0 aliphatic rings. The van der Waals surface area contributed by atoms with Gasteiger partial charge in [-0.25, -0.2) is 9.18 Å². The Labute approximate surface area is 169 Å². The van der Waals surface area contributed by atoms with E-state index in [0.29, 0.717) is 6.54 Å². The van der Waals surface area contributed by atoms with E-state index >= 15 is 0 Å². The first-order valence-electron chi connectivity index (χ1n) is 9.47. The number of hydrogen-bond acceptors (Lipinski definition) is 4. The minimum Gasteiger partial charge on any atom is -0.440 e. The summed E-state index contributed by atoms with van der Waals surface area (Å²) in [5.74, 6) is -2.71. The average Bonchev–Trinajstić information content (AvgIpc) is 2.72. The van der Waals surface area contributed by atoms with Crippen LogP contribution in [-0.4, -0.2) is 30.3 Å². The van der Waals surface area contributed by atoms with E-state index < -0.39 is 29.6 Å². The monoisotopic (exact) mass is 397 g/mol. The van der Waals surface area contributed by atoms with Gasteiger partial charge in [0.15, 0.2) is 0 Å². The van der Waals surface area contributed by atoms with Gasteiger partial charge in [-0.3, -0.25) is 9.59 Å². The van der Waals surface area contributed by atoms with Crippen LogP contribution in [0.3, 0.4) is 0 Å². The Kier molecular flexibility index (Phi) is 8.27. The molecule has 6 heteroatoms. The number of nitrogens with one attached hydrogen (secondary N) is 1. The van der Waals surface area contributed by atoms with Crippen LogP contribution in [0.25, 0.3) is 6.08 Å². The fourth-order valence-electron chi connectivity index (χ4n) is 2.57. The van der Waals surface area contributed by atoms with Crippen LogP contribution < -0.4 is 5.32 Å². The highest BCUT2D eigenvalue weighted by Gasteiger charge is 2.31. The van der Waals surface area contributed by atoms with Gasteiger partial charge in [0.2, 0.25) is 11.9 Å². The van der Waals surface area contributed by atoms with Crippen molar-refractivity contribution in [1.29, 1.82) is 0 Å². The van der Waals surface area contributed by atoms with Crippen molar-refractivity contribution in [2.75, 3.05) is 6.54 Å². The van der Waals surface area contributed by atoms with E-state index in [1.807, 2.05) is 26.0 Å². The van der Waals surface area contributed by atoms with Crippen LogP contribution in [0.4, 0.5) is 4.39 Å². The van der Waals surface area contributed by atoms with E-state index in [0.717, 1.165) is 30.5 Å². The largest absolute Gasteiger partial charge is 0.440 e. The Balaban J connectivity index is 2.21. The zero-order valence-electron chi connectivity index (χ0n) is 16.5. The third kappa shape index (κ3) is 6.38. The van der Waals surface area contributed by atoms with Gasteiger partial charge in [0.1, 0.15) is 5.82 Å². The number of unbranched alkanes of at least 4 members (excludes halogenated alkanes) is 1. The number of ether oxygens (including phenoxy) is 1. The lowest BCUT2D eigenvalue weighted by molar-refractivity contribution is -0.127. The van der Waals surface area contributed by atoms with E-state index in [-0.39, 0.29) is 11.1 Å². The lowest BCUT2D eigenvalue weighted by atomic mass is 10.1. The predicted molar refractivity (Wildman–Crippen MR) is 109 cm³/mol. The summed E-state index contributed by atoms with van der Waals surface area (Å²) in [4.78, 5) is 37.8. The Hall–Kier alpha value is -3.28. The van der Waals surface area contributed by atoms with Crippen molar-refractivity contribution in [2.24, 2.45) is 0 Å². The lowest BCUT2D eigenvalue weighted by Gasteiger charge is -2.17. The minimum atomic E-state index is -1.65. The first kappa shape index (κ1) is 22.0.